The quantitative estimate of drug-likeness (QED) is 0.888. The number of likely N-dealkylation sites (tertiary alicyclic amines) is 1. The average molecular weight is 341 g/mol. The summed E-state index contributed by atoms with van der Waals surface area (Å²) < 4.78 is 0. The van der Waals surface area contributed by atoms with Gasteiger partial charge in [-0.25, -0.2) is 0 Å². The maximum atomic E-state index is 12.8. The van der Waals surface area contributed by atoms with Crippen LogP contribution in [0.2, 0.25) is 0 Å². The van der Waals surface area contributed by atoms with E-state index in [1.165, 1.54) is 16.7 Å². The van der Waals surface area contributed by atoms with Gasteiger partial charge in [0.25, 0.3) is 0 Å². The van der Waals surface area contributed by atoms with Crippen molar-refractivity contribution in [1.82, 2.24) is 10.2 Å². The fraction of sp³-hybridized carbons (Fsp3) is 0.571. The number of nitrogens with two attached hydrogens (primary N) is 1. The molecule has 0 unspecified atom stereocenters. The van der Waals surface area contributed by atoms with Crippen LogP contribution in [0.15, 0.2) is 24.3 Å². The standard InChI is InChI=1S/C21H31N3O/c1-16-4-3-5-17(2)19(16)7-6-18-8-14-24(15-9-18)20(25)21(22)10-12-23-13-11-21/h3-7,18,23H,8-15,22H2,1-2H3/b7-6+. The Hall–Kier alpha value is -1.65. The third-order valence-corrected chi connectivity index (χ3v) is 5.83. The minimum atomic E-state index is -0.647. The molecule has 2 fully saturated rings. The molecule has 0 bridgehead atoms. The fourth-order valence-corrected chi connectivity index (χ4v) is 4.02. The van der Waals surface area contributed by atoms with Gasteiger partial charge in [0.1, 0.15) is 0 Å². The van der Waals surface area contributed by atoms with Gasteiger partial charge in [0.05, 0.1) is 5.54 Å². The summed E-state index contributed by atoms with van der Waals surface area (Å²) in [7, 11) is 0. The highest BCUT2D eigenvalue weighted by molar-refractivity contribution is 5.86. The zero-order valence-electron chi connectivity index (χ0n) is 15.6. The van der Waals surface area contributed by atoms with E-state index in [1.54, 1.807) is 0 Å². The molecular weight excluding hydrogens is 310 g/mol. The summed E-state index contributed by atoms with van der Waals surface area (Å²) in [5, 5.41) is 3.29. The molecule has 1 aromatic rings. The maximum absolute atomic E-state index is 12.8. The first-order chi connectivity index (χ1) is 12.0. The highest BCUT2D eigenvalue weighted by atomic mass is 16.2. The predicted molar refractivity (Wildman–Crippen MR) is 103 cm³/mol. The number of nitrogens with zero attached hydrogens (tertiary/aromatic N) is 1. The summed E-state index contributed by atoms with van der Waals surface area (Å²) >= 11 is 0. The van der Waals surface area contributed by atoms with Crippen molar-refractivity contribution in [1.29, 1.82) is 0 Å². The third kappa shape index (κ3) is 4.13. The van der Waals surface area contributed by atoms with E-state index in [4.69, 9.17) is 5.73 Å². The second kappa shape index (κ2) is 7.71. The van der Waals surface area contributed by atoms with E-state index >= 15 is 0 Å². The SMILES string of the molecule is Cc1cccc(C)c1/C=C/C1CCN(C(=O)C2(N)CCNCC2)CC1. The Morgan fingerprint density at radius 1 is 1.20 bits per heavy atom. The van der Waals surface area contributed by atoms with Gasteiger partial charge in [0, 0.05) is 13.1 Å². The molecule has 3 rings (SSSR count). The lowest BCUT2D eigenvalue weighted by molar-refractivity contribution is -0.139. The molecular formula is C21H31N3O. The predicted octanol–water partition coefficient (Wildman–Crippen LogP) is 2.64. The first-order valence-electron chi connectivity index (χ1n) is 9.53. The van der Waals surface area contributed by atoms with Crippen molar-refractivity contribution in [3.05, 3.63) is 41.0 Å². The Morgan fingerprint density at radius 2 is 1.80 bits per heavy atom. The molecule has 4 heteroatoms. The van der Waals surface area contributed by atoms with Crippen LogP contribution in [0, 0.1) is 19.8 Å². The molecule has 1 amide bonds. The lowest BCUT2D eigenvalue weighted by atomic mass is 9.86. The van der Waals surface area contributed by atoms with E-state index in [0.717, 1.165) is 51.9 Å². The molecule has 2 aliphatic heterocycles. The zero-order chi connectivity index (χ0) is 17.9. The zero-order valence-corrected chi connectivity index (χ0v) is 15.6. The number of carbonyl (C=O) groups is 1. The first kappa shape index (κ1) is 18.2. The molecule has 3 N–H and O–H groups in total. The van der Waals surface area contributed by atoms with Gasteiger partial charge in [-0.15, -0.1) is 0 Å². The molecule has 4 nitrogen and oxygen atoms in total. The topological polar surface area (TPSA) is 58.4 Å². The molecule has 0 radical (unpaired) electrons. The van der Waals surface area contributed by atoms with Crippen LogP contribution in [0.5, 0.6) is 0 Å². The van der Waals surface area contributed by atoms with Gasteiger partial charge in [-0.05, 0) is 75.2 Å². The maximum Gasteiger partial charge on any atom is 0.242 e. The van der Waals surface area contributed by atoms with Gasteiger partial charge in [0.2, 0.25) is 5.91 Å². The summed E-state index contributed by atoms with van der Waals surface area (Å²) in [6, 6.07) is 6.43. The average Bonchev–Trinajstić information content (AvgIpc) is 2.62. The van der Waals surface area contributed by atoms with E-state index in [2.05, 4.69) is 49.5 Å². The summed E-state index contributed by atoms with van der Waals surface area (Å²) in [5.41, 5.74) is 9.71. The van der Waals surface area contributed by atoms with Crippen molar-refractivity contribution < 1.29 is 4.79 Å². The number of carbonyl (C=O) groups excluding carboxylic acids is 1. The minimum Gasteiger partial charge on any atom is -0.341 e. The van der Waals surface area contributed by atoms with Crippen LogP contribution < -0.4 is 11.1 Å². The van der Waals surface area contributed by atoms with E-state index in [1.807, 2.05) is 4.90 Å². The van der Waals surface area contributed by atoms with Crippen LogP contribution in [0.1, 0.15) is 42.4 Å². The van der Waals surface area contributed by atoms with Crippen molar-refractivity contribution in [2.75, 3.05) is 26.2 Å². The molecule has 0 aliphatic carbocycles. The van der Waals surface area contributed by atoms with Gasteiger partial charge >= 0.3 is 0 Å². The summed E-state index contributed by atoms with van der Waals surface area (Å²) in [6.45, 7) is 7.66. The van der Waals surface area contributed by atoms with Crippen LogP contribution in [-0.4, -0.2) is 42.5 Å². The van der Waals surface area contributed by atoms with Gasteiger partial charge in [-0.1, -0.05) is 30.4 Å². The number of rotatable bonds is 3. The lowest BCUT2D eigenvalue weighted by Crippen LogP contribution is -2.60. The molecule has 1 aromatic carbocycles. The van der Waals surface area contributed by atoms with Gasteiger partial charge in [-0.3, -0.25) is 4.79 Å². The Balaban J connectivity index is 1.57. The molecule has 2 heterocycles. The molecule has 2 aliphatic rings. The smallest absolute Gasteiger partial charge is 0.242 e. The summed E-state index contributed by atoms with van der Waals surface area (Å²) in [6.07, 6.45) is 8.16. The molecule has 0 saturated carbocycles. The second-order valence-electron chi connectivity index (χ2n) is 7.70. The minimum absolute atomic E-state index is 0.158. The lowest BCUT2D eigenvalue weighted by Gasteiger charge is -2.39. The molecule has 25 heavy (non-hydrogen) atoms. The number of amides is 1. The van der Waals surface area contributed by atoms with Crippen molar-refractivity contribution in [3.8, 4) is 0 Å². The van der Waals surface area contributed by atoms with Crippen molar-refractivity contribution in [3.63, 3.8) is 0 Å². The number of aryl methyl sites for hydroxylation is 2. The van der Waals surface area contributed by atoms with Crippen molar-refractivity contribution in [2.45, 2.75) is 45.1 Å². The first-order valence-corrected chi connectivity index (χ1v) is 9.53. The second-order valence-corrected chi connectivity index (χ2v) is 7.70. The van der Waals surface area contributed by atoms with Gasteiger partial charge < -0.3 is 16.0 Å². The van der Waals surface area contributed by atoms with Crippen LogP contribution in [-0.2, 0) is 4.79 Å². The molecule has 0 spiro atoms. The van der Waals surface area contributed by atoms with Crippen molar-refractivity contribution >= 4 is 12.0 Å². The van der Waals surface area contributed by atoms with E-state index in [9.17, 15) is 4.79 Å². The highest BCUT2D eigenvalue weighted by Crippen LogP contribution is 2.25. The number of hydrogen-bond donors (Lipinski definition) is 2. The Morgan fingerprint density at radius 3 is 2.40 bits per heavy atom. The van der Waals surface area contributed by atoms with Crippen molar-refractivity contribution in [2.24, 2.45) is 11.7 Å². The van der Waals surface area contributed by atoms with Gasteiger partial charge in [0.15, 0.2) is 0 Å². The third-order valence-electron chi connectivity index (χ3n) is 5.83. The van der Waals surface area contributed by atoms with Crippen LogP contribution in [0.25, 0.3) is 6.08 Å². The summed E-state index contributed by atoms with van der Waals surface area (Å²) in [4.78, 5) is 14.8. The van der Waals surface area contributed by atoms with E-state index < -0.39 is 5.54 Å². The fourth-order valence-electron chi connectivity index (χ4n) is 4.02. The number of allylic oxidation sites excluding steroid dienone is 1. The molecule has 136 valence electrons. The Labute approximate surface area is 151 Å². The Kier molecular flexibility index (Phi) is 5.60. The van der Waals surface area contributed by atoms with E-state index in [-0.39, 0.29) is 5.91 Å². The van der Waals surface area contributed by atoms with Crippen LogP contribution in [0.3, 0.4) is 0 Å². The number of piperidine rings is 2. The number of nitrogens with one attached hydrogen (secondary N) is 1. The monoisotopic (exact) mass is 341 g/mol. The number of benzene rings is 1. The van der Waals surface area contributed by atoms with Crippen LogP contribution in [0.4, 0.5) is 0 Å². The number of hydrogen-bond acceptors (Lipinski definition) is 3. The molecule has 0 atom stereocenters. The summed E-state index contributed by atoms with van der Waals surface area (Å²) in [5.74, 6) is 0.705. The van der Waals surface area contributed by atoms with E-state index in [0.29, 0.717) is 5.92 Å². The molecule has 2 saturated heterocycles. The van der Waals surface area contributed by atoms with Gasteiger partial charge in [-0.2, -0.15) is 0 Å². The highest BCUT2D eigenvalue weighted by Gasteiger charge is 2.39. The largest absolute Gasteiger partial charge is 0.341 e. The Bertz CT molecular complexity index is 618. The normalized spacial score (nSPS) is 21.6. The van der Waals surface area contributed by atoms with Crippen LogP contribution >= 0.6 is 0 Å². The molecule has 0 aromatic heterocycles.